The molecule has 0 saturated heterocycles. The van der Waals surface area contributed by atoms with Crippen LogP contribution in [0.4, 0.5) is 5.13 Å². The maximum Gasteiger partial charge on any atom is 0.210 e. The monoisotopic (exact) mass is 372 g/mol. The van der Waals surface area contributed by atoms with Gasteiger partial charge in [0.15, 0.2) is 0 Å². The Morgan fingerprint density at radius 3 is 2.59 bits per heavy atom. The molecule has 1 heterocycles. The standard InChI is InChI=1S/C17H13BrN2OS/c1-11-6-8-12(9-7-11)15-16(18)22-17(20-15)19-10-13-4-2-3-5-14(13)21/h2-10,21H,1H3. The van der Waals surface area contributed by atoms with Crippen LogP contribution in [0.1, 0.15) is 11.1 Å². The lowest BCUT2D eigenvalue weighted by atomic mass is 10.1. The number of halogens is 1. The number of benzene rings is 2. The van der Waals surface area contributed by atoms with Gasteiger partial charge in [-0.3, -0.25) is 0 Å². The van der Waals surface area contributed by atoms with Gasteiger partial charge in [-0.05, 0) is 35.0 Å². The first-order chi connectivity index (χ1) is 10.6. The molecular weight excluding hydrogens is 360 g/mol. The van der Waals surface area contributed by atoms with E-state index in [4.69, 9.17) is 0 Å². The molecular formula is C17H13BrN2OS. The third-order valence-electron chi connectivity index (χ3n) is 3.15. The summed E-state index contributed by atoms with van der Waals surface area (Å²) in [6.07, 6.45) is 1.62. The maximum absolute atomic E-state index is 9.73. The predicted octanol–water partition coefficient (Wildman–Crippen LogP) is 5.34. The van der Waals surface area contributed by atoms with Gasteiger partial charge < -0.3 is 5.11 Å². The van der Waals surface area contributed by atoms with Crippen LogP contribution in [0, 0.1) is 6.92 Å². The maximum atomic E-state index is 9.73. The number of phenols is 1. The summed E-state index contributed by atoms with van der Waals surface area (Å²) in [7, 11) is 0. The van der Waals surface area contributed by atoms with Crippen molar-refractivity contribution in [3.05, 3.63) is 63.4 Å². The van der Waals surface area contributed by atoms with Crippen LogP contribution < -0.4 is 0 Å². The molecule has 0 aliphatic heterocycles. The average molecular weight is 373 g/mol. The molecule has 0 bridgehead atoms. The lowest BCUT2D eigenvalue weighted by Gasteiger charge is -1.98. The molecule has 3 nitrogen and oxygen atoms in total. The lowest BCUT2D eigenvalue weighted by molar-refractivity contribution is 0.474. The van der Waals surface area contributed by atoms with E-state index in [1.54, 1.807) is 18.3 Å². The number of aromatic hydroxyl groups is 1. The van der Waals surface area contributed by atoms with E-state index in [9.17, 15) is 5.11 Å². The van der Waals surface area contributed by atoms with Crippen molar-refractivity contribution in [3.8, 4) is 17.0 Å². The molecule has 22 heavy (non-hydrogen) atoms. The molecule has 0 aliphatic carbocycles. The fourth-order valence-corrected chi connectivity index (χ4v) is 3.37. The number of hydrogen-bond donors (Lipinski definition) is 1. The van der Waals surface area contributed by atoms with Crippen molar-refractivity contribution >= 4 is 38.6 Å². The summed E-state index contributed by atoms with van der Waals surface area (Å²) in [5.74, 6) is 0.209. The summed E-state index contributed by atoms with van der Waals surface area (Å²) in [6.45, 7) is 2.06. The van der Waals surface area contributed by atoms with Crippen LogP contribution in [0.5, 0.6) is 5.75 Å². The molecule has 0 saturated carbocycles. The number of para-hydroxylation sites is 1. The Hall–Kier alpha value is -1.98. The smallest absolute Gasteiger partial charge is 0.210 e. The number of aryl methyl sites for hydroxylation is 1. The Morgan fingerprint density at radius 1 is 1.14 bits per heavy atom. The number of phenolic OH excluding ortho intramolecular Hbond substituents is 1. The van der Waals surface area contributed by atoms with Crippen LogP contribution in [0.2, 0.25) is 0 Å². The van der Waals surface area contributed by atoms with E-state index in [0.29, 0.717) is 10.7 Å². The first kappa shape index (κ1) is 14.9. The average Bonchev–Trinajstić information content (AvgIpc) is 2.88. The molecule has 110 valence electrons. The SMILES string of the molecule is Cc1ccc(-c2nc(N=Cc3ccccc3O)sc2Br)cc1. The predicted molar refractivity (Wildman–Crippen MR) is 95.3 cm³/mol. The van der Waals surface area contributed by atoms with Crippen molar-refractivity contribution in [2.75, 3.05) is 0 Å². The molecule has 3 rings (SSSR count). The molecule has 0 fully saturated rings. The first-order valence-electron chi connectivity index (χ1n) is 6.69. The highest BCUT2D eigenvalue weighted by atomic mass is 79.9. The van der Waals surface area contributed by atoms with Crippen molar-refractivity contribution < 1.29 is 5.11 Å². The van der Waals surface area contributed by atoms with E-state index >= 15 is 0 Å². The van der Waals surface area contributed by atoms with Gasteiger partial charge in [0.05, 0.1) is 9.48 Å². The second kappa shape index (κ2) is 6.42. The molecule has 0 atom stereocenters. The van der Waals surface area contributed by atoms with Gasteiger partial charge in [-0.2, -0.15) is 0 Å². The van der Waals surface area contributed by atoms with E-state index in [2.05, 4.69) is 45.0 Å². The topological polar surface area (TPSA) is 45.5 Å². The van der Waals surface area contributed by atoms with Crippen LogP contribution in [0.3, 0.4) is 0 Å². The highest BCUT2D eigenvalue weighted by molar-refractivity contribution is 9.11. The van der Waals surface area contributed by atoms with Gasteiger partial charge >= 0.3 is 0 Å². The third-order valence-corrected chi connectivity index (χ3v) is 4.76. The van der Waals surface area contributed by atoms with Crippen LogP contribution in [-0.2, 0) is 0 Å². The molecule has 3 aromatic rings. The quantitative estimate of drug-likeness (QED) is 0.630. The van der Waals surface area contributed by atoms with Gasteiger partial charge in [0.25, 0.3) is 0 Å². The first-order valence-corrected chi connectivity index (χ1v) is 8.30. The number of hydrogen-bond acceptors (Lipinski definition) is 4. The van der Waals surface area contributed by atoms with Gasteiger partial charge in [0.2, 0.25) is 5.13 Å². The molecule has 1 aromatic heterocycles. The molecule has 1 N–H and O–H groups in total. The Balaban J connectivity index is 1.89. The van der Waals surface area contributed by atoms with E-state index in [0.717, 1.165) is 15.0 Å². The number of nitrogens with zero attached hydrogens (tertiary/aromatic N) is 2. The van der Waals surface area contributed by atoms with Crippen molar-refractivity contribution in [1.29, 1.82) is 0 Å². The zero-order valence-corrected chi connectivity index (χ0v) is 14.2. The Bertz CT molecular complexity index is 825. The van der Waals surface area contributed by atoms with Gasteiger partial charge in [0.1, 0.15) is 5.75 Å². The highest BCUT2D eigenvalue weighted by Crippen LogP contribution is 2.36. The minimum atomic E-state index is 0.209. The normalized spacial score (nSPS) is 11.2. The third kappa shape index (κ3) is 3.26. The Morgan fingerprint density at radius 2 is 1.86 bits per heavy atom. The molecule has 0 amide bonds. The number of aliphatic imine (C=N–C) groups is 1. The largest absolute Gasteiger partial charge is 0.507 e. The number of rotatable bonds is 3. The van der Waals surface area contributed by atoms with Gasteiger partial charge in [0, 0.05) is 17.3 Å². The van der Waals surface area contributed by atoms with E-state index in [1.165, 1.54) is 16.9 Å². The molecule has 0 spiro atoms. The van der Waals surface area contributed by atoms with Gasteiger partial charge in [-0.15, -0.1) is 0 Å². The molecule has 0 unspecified atom stereocenters. The van der Waals surface area contributed by atoms with Gasteiger partial charge in [-0.25, -0.2) is 9.98 Å². The minimum Gasteiger partial charge on any atom is -0.507 e. The summed E-state index contributed by atoms with van der Waals surface area (Å²) >= 11 is 5.01. The van der Waals surface area contributed by atoms with E-state index < -0.39 is 0 Å². The lowest BCUT2D eigenvalue weighted by Crippen LogP contribution is -1.81. The fraction of sp³-hybridized carbons (Fsp3) is 0.0588. The van der Waals surface area contributed by atoms with Crippen LogP contribution in [0.25, 0.3) is 11.3 Å². The zero-order valence-electron chi connectivity index (χ0n) is 11.8. The van der Waals surface area contributed by atoms with Crippen LogP contribution in [0.15, 0.2) is 57.3 Å². The van der Waals surface area contributed by atoms with Crippen molar-refractivity contribution in [3.63, 3.8) is 0 Å². The summed E-state index contributed by atoms with van der Waals surface area (Å²) in [6, 6.07) is 15.3. The molecule has 0 aliphatic rings. The summed E-state index contributed by atoms with van der Waals surface area (Å²) in [5, 5.41) is 10.4. The van der Waals surface area contributed by atoms with E-state index in [1.807, 2.05) is 24.3 Å². The Kier molecular flexibility index (Phi) is 4.36. The highest BCUT2D eigenvalue weighted by Gasteiger charge is 2.10. The fourth-order valence-electron chi connectivity index (χ4n) is 1.96. The van der Waals surface area contributed by atoms with Crippen LogP contribution >= 0.6 is 27.3 Å². The second-order valence-electron chi connectivity index (χ2n) is 4.80. The zero-order chi connectivity index (χ0) is 15.5. The summed E-state index contributed by atoms with van der Waals surface area (Å²) in [4.78, 5) is 8.90. The van der Waals surface area contributed by atoms with Crippen molar-refractivity contribution in [2.24, 2.45) is 4.99 Å². The van der Waals surface area contributed by atoms with Crippen LogP contribution in [-0.4, -0.2) is 16.3 Å². The van der Waals surface area contributed by atoms with Gasteiger partial charge in [-0.1, -0.05) is 53.3 Å². The van der Waals surface area contributed by atoms with E-state index in [-0.39, 0.29) is 5.75 Å². The Labute approximate surface area is 141 Å². The number of aromatic nitrogens is 1. The minimum absolute atomic E-state index is 0.209. The number of thiazole rings is 1. The molecule has 0 radical (unpaired) electrons. The molecule has 5 heteroatoms. The van der Waals surface area contributed by atoms with Crippen molar-refractivity contribution in [1.82, 2.24) is 4.98 Å². The molecule has 2 aromatic carbocycles. The van der Waals surface area contributed by atoms with Crippen molar-refractivity contribution in [2.45, 2.75) is 6.92 Å². The summed E-state index contributed by atoms with van der Waals surface area (Å²) < 4.78 is 0.945. The summed E-state index contributed by atoms with van der Waals surface area (Å²) in [5.41, 5.74) is 3.82. The second-order valence-corrected chi connectivity index (χ2v) is 7.10.